The normalized spacial score (nSPS) is 17.9. The van der Waals surface area contributed by atoms with Crippen LogP contribution in [-0.4, -0.2) is 27.6 Å². The summed E-state index contributed by atoms with van der Waals surface area (Å²) in [5, 5.41) is 15.1. The van der Waals surface area contributed by atoms with E-state index in [-0.39, 0.29) is 28.7 Å². The number of pyridine rings is 1. The average molecular weight is 407 g/mol. The topological polar surface area (TPSA) is 100 Å². The molecular formula is C22H18FN3O4. The van der Waals surface area contributed by atoms with Crippen LogP contribution in [-0.2, 0) is 11.2 Å². The van der Waals surface area contributed by atoms with E-state index in [1.54, 1.807) is 4.57 Å². The summed E-state index contributed by atoms with van der Waals surface area (Å²) in [6.45, 7) is 0. The van der Waals surface area contributed by atoms with Gasteiger partial charge in [-0.2, -0.15) is 0 Å². The second-order valence-corrected chi connectivity index (χ2v) is 7.70. The maximum Gasteiger partial charge on any atom is 0.341 e. The molecule has 3 N–H and O–H groups in total. The zero-order valence-electron chi connectivity index (χ0n) is 15.8. The fourth-order valence-corrected chi connectivity index (χ4v) is 3.99. The van der Waals surface area contributed by atoms with Crippen molar-refractivity contribution in [3.05, 3.63) is 69.8 Å². The van der Waals surface area contributed by atoms with E-state index in [2.05, 4.69) is 10.6 Å². The Morgan fingerprint density at radius 1 is 1.17 bits per heavy atom. The van der Waals surface area contributed by atoms with Crippen molar-refractivity contribution >= 4 is 34.2 Å². The Labute approximate surface area is 170 Å². The molecule has 0 unspecified atom stereocenters. The van der Waals surface area contributed by atoms with Gasteiger partial charge in [0.1, 0.15) is 17.4 Å². The molecule has 2 aromatic carbocycles. The first kappa shape index (κ1) is 18.4. The van der Waals surface area contributed by atoms with E-state index in [4.69, 9.17) is 0 Å². The molecule has 8 heteroatoms. The van der Waals surface area contributed by atoms with Gasteiger partial charge in [-0.1, -0.05) is 30.3 Å². The Hall–Kier alpha value is -3.68. The highest BCUT2D eigenvalue weighted by molar-refractivity contribution is 6.12. The minimum absolute atomic E-state index is 0.0136. The SMILES string of the molecule is O=C(O)c1cn(C2CC2)c2c3c(c(F)cc2c1=O)N[C@@H](Cc1ccccc1)C(=O)N3. The number of carbonyl (C=O) groups excluding carboxylic acids is 1. The van der Waals surface area contributed by atoms with Gasteiger partial charge < -0.3 is 20.3 Å². The van der Waals surface area contributed by atoms with Gasteiger partial charge in [0.05, 0.1) is 22.3 Å². The predicted molar refractivity (Wildman–Crippen MR) is 110 cm³/mol. The highest BCUT2D eigenvalue weighted by atomic mass is 19.1. The fraction of sp³-hybridized carbons (Fsp3) is 0.227. The number of benzene rings is 2. The molecule has 1 aliphatic heterocycles. The first-order valence-corrected chi connectivity index (χ1v) is 9.70. The Bertz CT molecular complexity index is 1270. The van der Waals surface area contributed by atoms with Crippen LogP contribution < -0.4 is 16.1 Å². The zero-order chi connectivity index (χ0) is 21.0. The third kappa shape index (κ3) is 2.92. The molecule has 1 aliphatic carbocycles. The number of fused-ring (bicyclic) bond motifs is 3. The number of carboxylic acid groups (broad SMARTS) is 1. The number of carboxylic acids is 1. The van der Waals surface area contributed by atoms with Crippen LogP contribution in [0.2, 0.25) is 0 Å². The van der Waals surface area contributed by atoms with Crippen molar-refractivity contribution in [1.82, 2.24) is 4.57 Å². The average Bonchev–Trinajstić information content (AvgIpc) is 3.56. The van der Waals surface area contributed by atoms with Crippen LogP contribution in [0.1, 0.15) is 34.8 Å². The molecular weight excluding hydrogens is 389 g/mol. The van der Waals surface area contributed by atoms with Crippen molar-refractivity contribution in [3.8, 4) is 0 Å². The van der Waals surface area contributed by atoms with Crippen molar-refractivity contribution in [2.24, 2.45) is 0 Å². The van der Waals surface area contributed by atoms with E-state index in [0.717, 1.165) is 24.5 Å². The molecule has 1 amide bonds. The third-order valence-electron chi connectivity index (χ3n) is 5.60. The van der Waals surface area contributed by atoms with E-state index < -0.39 is 28.8 Å². The maximum absolute atomic E-state index is 15.0. The first-order chi connectivity index (χ1) is 14.4. The lowest BCUT2D eigenvalue weighted by Crippen LogP contribution is -2.41. The summed E-state index contributed by atoms with van der Waals surface area (Å²) >= 11 is 0. The number of anilines is 2. The largest absolute Gasteiger partial charge is 0.477 e. The van der Waals surface area contributed by atoms with Crippen molar-refractivity contribution < 1.29 is 19.1 Å². The molecule has 3 aromatic rings. The first-order valence-electron chi connectivity index (χ1n) is 9.70. The molecule has 2 heterocycles. The van der Waals surface area contributed by atoms with E-state index in [1.165, 1.54) is 6.20 Å². The number of carbonyl (C=O) groups is 2. The van der Waals surface area contributed by atoms with Gasteiger partial charge in [0, 0.05) is 18.7 Å². The summed E-state index contributed by atoms with van der Waals surface area (Å²) in [4.78, 5) is 37.0. The smallest absolute Gasteiger partial charge is 0.341 e. The van der Waals surface area contributed by atoms with Crippen LogP contribution in [0, 0.1) is 5.82 Å². The molecule has 5 rings (SSSR count). The van der Waals surface area contributed by atoms with Crippen LogP contribution in [0.15, 0.2) is 47.4 Å². The summed E-state index contributed by atoms with van der Waals surface area (Å²) < 4.78 is 16.7. The van der Waals surface area contributed by atoms with Crippen molar-refractivity contribution in [3.63, 3.8) is 0 Å². The van der Waals surface area contributed by atoms with Crippen LogP contribution in [0.3, 0.4) is 0 Å². The summed E-state index contributed by atoms with van der Waals surface area (Å²) in [6.07, 6.45) is 3.31. The van der Waals surface area contributed by atoms with Crippen LogP contribution >= 0.6 is 0 Å². The standard InChI is InChI=1S/C22H18FN3O4/c23-15-9-13-19(26(12-6-7-12)10-14(20(13)27)22(29)30)18-17(15)24-16(21(28)25-18)8-11-4-2-1-3-5-11/h1-5,9-10,12,16,24H,6-8H2,(H,25,28)(H,29,30)/t16-/m0/s1. The second kappa shape index (κ2) is 6.69. The number of nitrogens with one attached hydrogen (secondary N) is 2. The highest BCUT2D eigenvalue weighted by Gasteiger charge is 2.34. The van der Waals surface area contributed by atoms with Gasteiger partial charge in [-0.3, -0.25) is 9.59 Å². The predicted octanol–water partition coefficient (Wildman–Crippen LogP) is 3.15. The quantitative estimate of drug-likeness (QED) is 0.617. The Morgan fingerprint density at radius 2 is 1.90 bits per heavy atom. The molecule has 1 atom stereocenters. The number of nitrogens with zero attached hydrogens (tertiary/aromatic N) is 1. The number of aromatic nitrogens is 1. The number of halogens is 1. The van der Waals surface area contributed by atoms with Crippen LogP contribution in [0.25, 0.3) is 10.9 Å². The molecule has 1 aromatic heterocycles. The lowest BCUT2D eigenvalue weighted by molar-refractivity contribution is -0.117. The summed E-state index contributed by atoms with van der Waals surface area (Å²) in [7, 11) is 0. The Balaban J connectivity index is 1.67. The van der Waals surface area contributed by atoms with Gasteiger partial charge in [-0.25, -0.2) is 9.18 Å². The molecule has 0 saturated heterocycles. The van der Waals surface area contributed by atoms with Crippen LogP contribution in [0.4, 0.5) is 15.8 Å². The minimum Gasteiger partial charge on any atom is -0.477 e. The zero-order valence-corrected chi connectivity index (χ0v) is 15.8. The van der Waals surface area contributed by atoms with Gasteiger partial charge in [-0.15, -0.1) is 0 Å². The highest BCUT2D eigenvalue weighted by Crippen LogP contribution is 2.42. The molecule has 7 nitrogen and oxygen atoms in total. The number of amides is 1. The summed E-state index contributed by atoms with van der Waals surface area (Å²) in [5.74, 6) is -2.41. The fourth-order valence-electron chi connectivity index (χ4n) is 3.99. The van der Waals surface area contributed by atoms with Gasteiger partial charge in [0.2, 0.25) is 11.3 Å². The lowest BCUT2D eigenvalue weighted by atomic mass is 10.0. The molecule has 1 saturated carbocycles. The van der Waals surface area contributed by atoms with E-state index in [0.29, 0.717) is 11.9 Å². The molecule has 152 valence electrons. The molecule has 0 bridgehead atoms. The van der Waals surface area contributed by atoms with E-state index in [1.807, 2.05) is 30.3 Å². The van der Waals surface area contributed by atoms with Gasteiger partial charge in [-0.05, 0) is 24.5 Å². The molecule has 1 fully saturated rings. The van der Waals surface area contributed by atoms with Crippen molar-refractivity contribution in [2.45, 2.75) is 31.3 Å². The summed E-state index contributed by atoms with van der Waals surface area (Å²) in [5.41, 5.74) is 0.390. The summed E-state index contributed by atoms with van der Waals surface area (Å²) in [6, 6.07) is 9.79. The van der Waals surface area contributed by atoms with Crippen molar-refractivity contribution in [1.29, 1.82) is 0 Å². The number of aromatic carboxylic acids is 1. The molecule has 2 aliphatic rings. The minimum atomic E-state index is -1.36. The number of hydrogen-bond acceptors (Lipinski definition) is 4. The molecule has 30 heavy (non-hydrogen) atoms. The molecule has 0 spiro atoms. The van der Waals surface area contributed by atoms with Crippen molar-refractivity contribution in [2.75, 3.05) is 10.6 Å². The maximum atomic E-state index is 15.0. The number of hydrogen-bond donors (Lipinski definition) is 3. The van der Waals surface area contributed by atoms with Crippen LogP contribution in [0.5, 0.6) is 0 Å². The second-order valence-electron chi connectivity index (χ2n) is 7.70. The van der Waals surface area contributed by atoms with Gasteiger partial charge in [0.15, 0.2) is 0 Å². The third-order valence-corrected chi connectivity index (χ3v) is 5.60. The monoisotopic (exact) mass is 407 g/mol. The van der Waals surface area contributed by atoms with E-state index in [9.17, 15) is 23.9 Å². The van der Waals surface area contributed by atoms with Gasteiger partial charge in [0.25, 0.3) is 0 Å². The van der Waals surface area contributed by atoms with E-state index >= 15 is 0 Å². The van der Waals surface area contributed by atoms with Gasteiger partial charge >= 0.3 is 5.97 Å². The molecule has 0 radical (unpaired) electrons. The lowest BCUT2D eigenvalue weighted by Gasteiger charge is -2.29. The number of rotatable bonds is 4. The Morgan fingerprint density at radius 3 is 2.57 bits per heavy atom. The Kier molecular flexibility index (Phi) is 4.09.